The monoisotopic (exact) mass is 182 g/mol. The van der Waals surface area contributed by atoms with Gasteiger partial charge in [0.15, 0.2) is 0 Å². The maximum atomic E-state index is 3.69. The van der Waals surface area contributed by atoms with Crippen LogP contribution in [0.2, 0.25) is 0 Å². The van der Waals surface area contributed by atoms with Gasteiger partial charge in [0.05, 0.1) is 0 Å². The molecule has 2 aliphatic rings. The molecule has 2 aliphatic heterocycles. The summed E-state index contributed by atoms with van der Waals surface area (Å²) >= 11 is 0. The molecule has 0 aromatic heterocycles. The highest BCUT2D eigenvalue weighted by molar-refractivity contribution is 4.94. The molecule has 2 heteroatoms. The van der Waals surface area contributed by atoms with Crippen molar-refractivity contribution in [2.75, 3.05) is 13.6 Å². The summed E-state index contributed by atoms with van der Waals surface area (Å²) in [6.07, 6.45) is 6.89. The summed E-state index contributed by atoms with van der Waals surface area (Å²) in [4.78, 5) is 2.56. The number of hydrogen-bond donors (Lipinski definition) is 1. The van der Waals surface area contributed by atoms with Crippen LogP contribution in [0.5, 0.6) is 0 Å². The summed E-state index contributed by atoms with van der Waals surface area (Å²) in [7, 11) is 2.29. The maximum Gasteiger partial charge on any atom is 0.0122 e. The van der Waals surface area contributed by atoms with E-state index in [0.717, 1.165) is 18.1 Å². The van der Waals surface area contributed by atoms with Crippen molar-refractivity contribution in [3.05, 3.63) is 0 Å². The fourth-order valence-electron chi connectivity index (χ4n) is 2.92. The lowest BCUT2D eigenvalue weighted by molar-refractivity contribution is 0.173. The van der Waals surface area contributed by atoms with Gasteiger partial charge in [0.1, 0.15) is 0 Å². The molecule has 2 bridgehead atoms. The number of nitrogens with one attached hydrogen (secondary N) is 1. The quantitative estimate of drug-likeness (QED) is 0.713. The largest absolute Gasteiger partial charge is 0.311 e. The van der Waals surface area contributed by atoms with E-state index >= 15 is 0 Å². The van der Waals surface area contributed by atoms with E-state index in [0.29, 0.717) is 0 Å². The number of rotatable bonds is 3. The smallest absolute Gasteiger partial charge is 0.0122 e. The lowest BCUT2D eigenvalue weighted by Gasteiger charge is -2.35. The van der Waals surface area contributed by atoms with E-state index in [-0.39, 0.29) is 0 Å². The number of piperidine rings is 1. The van der Waals surface area contributed by atoms with Gasteiger partial charge in [-0.1, -0.05) is 6.92 Å². The van der Waals surface area contributed by atoms with Crippen LogP contribution in [0, 0.1) is 0 Å². The Hall–Kier alpha value is -0.0800. The van der Waals surface area contributed by atoms with Gasteiger partial charge in [-0.15, -0.1) is 0 Å². The second-order valence-corrected chi connectivity index (χ2v) is 4.74. The minimum Gasteiger partial charge on any atom is -0.311 e. The molecule has 2 saturated heterocycles. The topological polar surface area (TPSA) is 15.3 Å². The molecule has 2 rings (SSSR count). The molecule has 76 valence electrons. The second-order valence-electron chi connectivity index (χ2n) is 4.74. The average Bonchev–Trinajstić information content (AvgIpc) is 2.46. The Morgan fingerprint density at radius 2 is 1.85 bits per heavy atom. The predicted molar refractivity (Wildman–Crippen MR) is 55.9 cm³/mol. The Labute approximate surface area is 81.7 Å². The van der Waals surface area contributed by atoms with Crippen LogP contribution in [0.3, 0.4) is 0 Å². The van der Waals surface area contributed by atoms with Crippen molar-refractivity contribution >= 4 is 0 Å². The number of nitrogens with zero attached hydrogens (tertiary/aromatic N) is 1. The third-order valence-corrected chi connectivity index (χ3v) is 3.65. The summed E-state index contributed by atoms with van der Waals surface area (Å²) < 4.78 is 0. The molecular formula is C11H22N2. The fraction of sp³-hybridized carbons (Fsp3) is 1.00. The molecule has 1 N–H and O–H groups in total. The summed E-state index contributed by atoms with van der Waals surface area (Å²) in [5, 5.41) is 3.69. The van der Waals surface area contributed by atoms with E-state index in [1.54, 1.807) is 0 Å². The molecule has 0 unspecified atom stereocenters. The van der Waals surface area contributed by atoms with Crippen molar-refractivity contribution in [3.63, 3.8) is 0 Å². The Balaban J connectivity index is 1.87. The molecule has 2 atom stereocenters. The van der Waals surface area contributed by atoms with Crippen LogP contribution in [-0.2, 0) is 0 Å². The van der Waals surface area contributed by atoms with Crippen molar-refractivity contribution in [1.82, 2.24) is 10.2 Å². The Bertz CT molecular complexity index is 157. The minimum absolute atomic E-state index is 0.836. The van der Waals surface area contributed by atoms with Crippen LogP contribution in [0.4, 0.5) is 0 Å². The maximum absolute atomic E-state index is 3.69. The van der Waals surface area contributed by atoms with Crippen LogP contribution in [0.1, 0.15) is 39.0 Å². The van der Waals surface area contributed by atoms with Gasteiger partial charge < -0.3 is 10.2 Å². The summed E-state index contributed by atoms with van der Waals surface area (Å²) in [6.45, 7) is 3.54. The van der Waals surface area contributed by atoms with Crippen LogP contribution in [-0.4, -0.2) is 36.6 Å². The summed E-state index contributed by atoms with van der Waals surface area (Å²) in [5.41, 5.74) is 0. The molecule has 2 fully saturated rings. The highest BCUT2D eigenvalue weighted by atomic mass is 15.2. The lowest BCUT2D eigenvalue weighted by Crippen LogP contribution is -2.47. The molecule has 13 heavy (non-hydrogen) atoms. The van der Waals surface area contributed by atoms with E-state index in [4.69, 9.17) is 0 Å². The SMILES string of the molecule is CCCN(C)C1C[C@@H]2CC[C@@H](C1)N2. The van der Waals surface area contributed by atoms with Gasteiger partial charge in [0.2, 0.25) is 0 Å². The summed E-state index contributed by atoms with van der Waals surface area (Å²) in [5.74, 6) is 0. The molecule has 0 aromatic rings. The van der Waals surface area contributed by atoms with Crippen molar-refractivity contribution in [1.29, 1.82) is 0 Å². The zero-order valence-corrected chi connectivity index (χ0v) is 8.92. The van der Waals surface area contributed by atoms with Crippen molar-refractivity contribution in [3.8, 4) is 0 Å². The first-order chi connectivity index (χ1) is 6.29. The zero-order valence-electron chi connectivity index (χ0n) is 8.92. The summed E-state index contributed by atoms with van der Waals surface area (Å²) in [6, 6.07) is 2.53. The normalized spacial score (nSPS) is 38.5. The van der Waals surface area contributed by atoms with Crippen LogP contribution in [0.25, 0.3) is 0 Å². The van der Waals surface area contributed by atoms with Gasteiger partial charge >= 0.3 is 0 Å². The molecule has 2 nitrogen and oxygen atoms in total. The van der Waals surface area contributed by atoms with Crippen LogP contribution < -0.4 is 5.32 Å². The minimum atomic E-state index is 0.836. The molecular weight excluding hydrogens is 160 g/mol. The van der Waals surface area contributed by atoms with Gasteiger partial charge in [-0.05, 0) is 45.7 Å². The molecule has 0 aromatic carbocycles. The van der Waals surface area contributed by atoms with Gasteiger partial charge in [0, 0.05) is 18.1 Å². The molecule has 0 spiro atoms. The first-order valence-electron chi connectivity index (χ1n) is 5.76. The Morgan fingerprint density at radius 1 is 1.23 bits per heavy atom. The van der Waals surface area contributed by atoms with Crippen LogP contribution >= 0.6 is 0 Å². The Morgan fingerprint density at radius 3 is 2.38 bits per heavy atom. The van der Waals surface area contributed by atoms with Gasteiger partial charge in [0.25, 0.3) is 0 Å². The molecule has 0 radical (unpaired) electrons. The van der Waals surface area contributed by atoms with Crippen molar-refractivity contribution in [2.45, 2.75) is 57.2 Å². The van der Waals surface area contributed by atoms with Gasteiger partial charge in [-0.2, -0.15) is 0 Å². The third kappa shape index (κ3) is 2.05. The van der Waals surface area contributed by atoms with Crippen molar-refractivity contribution in [2.24, 2.45) is 0 Å². The predicted octanol–water partition coefficient (Wildman–Crippen LogP) is 1.61. The lowest BCUT2D eigenvalue weighted by atomic mass is 9.98. The standard InChI is InChI=1S/C11H22N2/c1-3-6-13(2)11-7-9-4-5-10(8-11)12-9/h9-12H,3-8H2,1-2H3/t9-,10-/m0/s1. The van der Waals surface area contributed by atoms with E-state index < -0.39 is 0 Å². The number of hydrogen-bond acceptors (Lipinski definition) is 2. The van der Waals surface area contributed by atoms with E-state index in [2.05, 4.69) is 24.2 Å². The first-order valence-corrected chi connectivity index (χ1v) is 5.76. The molecule has 0 saturated carbocycles. The van der Waals surface area contributed by atoms with Gasteiger partial charge in [-0.25, -0.2) is 0 Å². The third-order valence-electron chi connectivity index (χ3n) is 3.65. The van der Waals surface area contributed by atoms with Crippen molar-refractivity contribution < 1.29 is 0 Å². The number of fused-ring (bicyclic) bond motifs is 2. The highest BCUT2D eigenvalue weighted by Gasteiger charge is 2.34. The average molecular weight is 182 g/mol. The van der Waals surface area contributed by atoms with E-state index in [1.807, 2.05) is 0 Å². The Kier molecular flexibility index (Phi) is 2.89. The van der Waals surface area contributed by atoms with E-state index in [1.165, 1.54) is 38.6 Å². The first kappa shape index (κ1) is 9.47. The molecule has 2 heterocycles. The fourth-order valence-corrected chi connectivity index (χ4v) is 2.92. The van der Waals surface area contributed by atoms with Crippen LogP contribution in [0.15, 0.2) is 0 Å². The van der Waals surface area contributed by atoms with E-state index in [9.17, 15) is 0 Å². The second kappa shape index (κ2) is 3.97. The highest BCUT2D eigenvalue weighted by Crippen LogP contribution is 2.29. The molecule has 0 aliphatic carbocycles. The van der Waals surface area contributed by atoms with Gasteiger partial charge in [-0.3, -0.25) is 0 Å². The zero-order chi connectivity index (χ0) is 9.26. The molecule has 0 amide bonds.